The molecule has 22 heavy (non-hydrogen) atoms. The van der Waals surface area contributed by atoms with E-state index in [1.54, 1.807) is 7.11 Å². The number of methoxy groups -OCH3 is 1. The quantitative estimate of drug-likeness (QED) is 0.809. The number of anilines is 1. The van der Waals surface area contributed by atoms with Crippen LogP contribution in [0.3, 0.4) is 0 Å². The van der Waals surface area contributed by atoms with E-state index >= 15 is 0 Å². The fourth-order valence-corrected chi connectivity index (χ4v) is 2.48. The largest absolute Gasteiger partial charge is 0.497 e. The van der Waals surface area contributed by atoms with E-state index in [4.69, 9.17) is 4.74 Å². The lowest BCUT2D eigenvalue weighted by Gasteiger charge is -2.19. The standard InChI is InChI=1S/C17H19N3O2/c1-22-15-4-2-3-12(7-15)9-19-17(21)13-5-6-16-14(8-13)10-18-11-20-16/h2-8,18,20H,9-11H2,1H3,(H,19,21). The van der Waals surface area contributed by atoms with Gasteiger partial charge in [0.25, 0.3) is 5.91 Å². The van der Waals surface area contributed by atoms with E-state index in [0.717, 1.165) is 35.8 Å². The van der Waals surface area contributed by atoms with Gasteiger partial charge < -0.3 is 15.4 Å². The van der Waals surface area contributed by atoms with Crippen LogP contribution in [-0.2, 0) is 13.1 Å². The van der Waals surface area contributed by atoms with Gasteiger partial charge in [0.05, 0.1) is 13.8 Å². The average molecular weight is 297 g/mol. The zero-order chi connectivity index (χ0) is 15.4. The summed E-state index contributed by atoms with van der Waals surface area (Å²) in [5, 5.41) is 9.40. The van der Waals surface area contributed by atoms with Crippen molar-refractivity contribution in [2.75, 3.05) is 19.1 Å². The molecule has 2 aromatic rings. The van der Waals surface area contributed by atoms with Gasteiger partial charge in [-0.2, -0.15) is 0 Å². The third-order valence-corrected chi connectivity index (χ3v) is 3.67. The molecular formula is C17H19N3O2. The molecule has 5 heteroatoms. The van der Waals surface area contributed by atoms with Crippen LogP contribution in [0.5, 0.6) is 5.75 Å². The first-order valence-electron chi connectivity index (χ1n) is 7.25. The van der Waals surface area contributed by atoms with Gasteiger partial charge in [0.1, 0.15) is 5.75 Å². The molecule has 1 heterocycles. The number of hydrogen-bond acceptors (Lipinski definition) is 4. The molecule has 0 radical (unpaired) electrons. The van der Waals surface area contributed by atoms with Crippen LogP contribution >= 0.6 is 0 Å². The predicted octanol–water partition coefficient (Wildman–Crippen LogP) is 2.10. The van der Waals surface area contributed by atoms with E-state index in [9.17, 15) is 4.79 Å². The molecule has 2 aromatic carbocycles. The molecule has 0 spiro atoms. The normalized spacial score (nSPS) is 13.0. The number of ether oxygens (including phenoxy) is 1. The Labute approximate surface area is 129 Å². The van der Waals surface area contributed by atoms with Gasteiger partial charge in [-0.15, -0.1) is 0 Å². The van der Waals surface area contributed by atoms with Gasteiger partial charge in [0.2, 0.25) is 0 Å². The molecule has 0 fully saturated rings. The molecule has 1 amide bonds. The highest BCUT2D eigenvalue weighted by Crippen LogP contribution is 2.19. The van der Waals surface area contributed by atoms with Crippen molar-refractivity contribution >= 4 is 11.6 Å². The topological polar surface area (TPSA) is 62.4 Å². The second-order valence-electron chi connectivity index (χ2n) is 5.19. The number of rotatable bonds is 4. The molecule has 0 aromatic heterocycles. The third kappa shape index (κ3) is 3.20. The molecule has 5 nitrogen and oxygen atoms in total. The second kappa shape index (κ2) is 6.49. The number of nitrogens with one attached hydrogen (secondary N) is 3. The van der Waals surface area contributed by atoms with Crippen molar-refractivity contribution in [2.45, 2.75) is 13.1 Å². The first-order valence-corrected chi connectivity index (χ1v) is 7.25. The lowest BCUT2D eigenvalue weighted by Crippen LogP contribution is -2.28. The molecule has 0 saturated carbocycles. The van der Waals surface area contributed by atoms with Crippen LogP contribution in [0.1, 0.15) is 21.5 Å². The Balaban J connectivity index is 1.66. The van der Waals surface area contributed by atoms with Crippen molar-refractivity contribution in [3.8, 4) is 5.75 Å². The van der Waals surface area contributed by atoms with E-state index in [-0.39, 0.29) is 5.91 Å². The van der Waals surface area contributed by atoms with E-state index < -0.39 is 0 Å². The van der Waals surface area contributed by atoms with Crippen molar-refractivity contribution in [1.82, 2.24) is 10.6 Å². The summed E-state index contributed by atoms with van der Waals surface area (Å²) in [5.41, 5.74) is 3.88. The number of carbonyl (C=O) groups excluding carboxylic acids is 1. The Morgan fingerprint density at radius 1 is 1.27 bits per heavy atom. The molecule has 1 aliphatic rings. The second-order valence-corrected chi connectivity index (χ2v) is 5.19. The molecule has 0 aliphatic carbocycles. The van der Waals surface area contributed by atoms with Gasteiger partial charge >= 0.3 is 0 Å². The Hall–Kier alpha value is -2.53. The molecular weight excluding hydrogens is 278 g/mol. The summed E-state index contributed by atoms with van der Waals surface area (Å²) in [5.74, 6) is 0.717. The highest BCUT2D eigenvalue weighted by Gasteiger charge is 2.12. The monoisotopic (exact) mass is 297 g/mol. The molecule has 114 valence electrons. The Bertz CT molecular complexity index is 685. The molecule has 0 unspecified atom stereocenters. The van der Waals surface area contributed by atoms with Gasteiger partial charge in [-0.1, -0.05) is 12.1 Å². The smallest absolute Gasteiger partial charge is 0.251 e. The molecule has 3 N–H and O–H groups in total. The van der Waals surface area contributed by atoms with E-state index in [0.29, 0.717) is 12.1 Å². The summed E-state index contributed by atoms with van der Waals surface area (Å²) >= 11 is 0. The molecule has 3 rings (SSSR count). The first-order chi connectivity index (χ1) is 10.8. The zero-order valence-corrected chi connectivity index (χ0v) is 12.5. The predicted molar refractivity (Wildman–Crippen MR) is 85.9 cm³/mol. The highest BCUT2D eigenvalue weighted by atomic mass is 16.5. The Morgan fingerprint density at radius 3 is 3.05 bits per heavy atom. The summed E-state index contributed by atoms with van der Waals surface area (Å²) in [7, 11) is 1.63. The number of hydrogen-bond donors (Lipinski definition) is 3. The molecule has 0 atom stereocenters. The maximum absolute atomic E-state index is 12.3. The minimum Gasteiger partial charge on any atom is -0.497 e. The summed E-state index contributed by atoms with van der Waals surface area (Å²) in [4.78, 5) is 12.3. The number of benzene rings is 2. The first kappa shape index (κ1) is 14.4. The maximum Gasteiger partial charge on any atom is 0.251 e. The van der Waals surface area contributed by atoms with Crippen molar-refractivity contribution in [1.29, 1.82) is 0 Å². The van der Waals surface area contributed by atoms with Crippen LogP contribution in [0.2, 0.25) is 0 Å². The minimum atomic E-state index is -0.0730. The van der Waals surface area contributed by atoms with E-state index in [1.165, 1.54) is 0 Å². The SMILES string of the molecule is COc1cccc(CNC(=O)c2ccc3c(c2)CNCN3)c1. The zero-order valence-electron chi connectivity index (χ0n) is 12.5. The van der Waals surface area contributed by atoms with Gasteiger partial charge in [-0.25, -0.2) is 0 Å². The average Bonchev–Trinajstić information content (AvgIpc) is 2.59. The van der Waals surface area contributed by atoms with Gasteiger partial charge in [-0.3, -0.25) is 10.1 Å². The maximum atomic E-state index is 12.3. The summed E-state index contributed by atoms with van der Waals surface area (Å²) < 4.78 is 5.18. The molecule has 0 saturated heterocycles. The number of carbonyl (C=O) groups is 1. The van der Waals surface area contributed by atoms with Crippen LogP contribution in [0, 0.1) is 0 Å². The van der Waals surface area contributed by atoms with Crippen LogP contribution < -0.4 is 20.7 Å². The number of fused-ring (bicyclic) bond motifs is 1. The third-order valence-electron chi connectivity index (χ3n) is 3.67. The van der Waals surface area contributed by atoms with Crippen molar-refractivity contribution in [3.63, 3.8) is 0 Å². The molecule has 0 bridgehead atoms. The number of amides is 1. The van der Waals surface area contributed by atoms with Crippen LogP contribution in [0.15, 0.2) is 42.5 Å². The van der Waals surface area contributed by atoms with Crippen molar-refractivity contribution in [2.24, 2.45) is 0 Å². The highest BCUT2D eigenvalue weighted by molar-refractivity contribution is 5.94. The van der Waals surface area contributed by atoms with Gasteiger partial charge in [-0.05, 0) is 41.5 Å². The van der Waals surface area contributed by atoms with Crippen molar-refractivity contribution in [3.05, 3.63) is 59.2 Å². The Kier molecular flexibility index (Phi) is 4.25. The minimum absolute atomic E-state index is 0.0730. The van der Waals surface area contributed by atoms with Gasteiger partial charge in [0, 0.05) is 24.3 Å². The van der Waals surface area contributed by atoms with Crippen molar-refractivity contribution < 1.29 is 9.53 Å². The molecule has 1 aliphatic heterocycles. The van der Waals surface area contributed by atoms with Crippen LogP contribution in [-0.4, -0.2) is 19.7 Å². The van der Waals surface area contributed by atoms with Crippen LogP contribution in [0.25, 0.3) is 0 Å². The Morgan fingerprint density at radius 2 is 2.18 bits per heavy atom. The summed E-state index contributed by atoms with van der Waals surface area (Å²) in [6.07, 6.45) is 0. The fraction of sp³-hybridized carbons (Fsp3) is 0.235. The van der Waals surface area contributed by atoms with Crippen LogP contribution in [0.4, 0.5) is 5.69 Å². The fourth-order valence-electron chi connectivity index (χ4n) is 2.48. The van der Waals surface area contributed by atoms with E-state index in [2.05, 4.69) is 16.0 Å². The van der Waals surface area contributed by atoms with E-state index in [1.807, 2.05) is 42.5 Å². The lowest BCUT2D eigenvalue weighted by molar-refractivity contribution is 0.0951. The van der Waals surface area contributed by atoms with Gasteiger partial charge in [0.15, 0.2) is 0 Å². The summed E-state index contributed by atoms with van der Waals surface area (Å²) in [6, 6.07) is 13.4. The lowest BCUT2D eigenvalue weighted by atomic mass is 10.1. The summed E-state index contributed by atoms with van der Waals surface area (Å²) in [6.45, 7) is 2.01.